The van der Waals surface area contributed by atoms with E-state index in [1.54, 1.807) is 24.3 Å². The van der Waals surface area contributed by atoms with E-state index in [9.17, 15) is 4.79 Å². The van der Waals surface area contributed by atoms with Gasteiger partial charge < -0.3 is 0 Å². The molecule has 0 unspecified atom stereocenters. The van der Waals surface area contributed by atoms with Gasteiger partial charge in [0.1, 0.15) is 0 Å². The Bertz CT molecular complexity index is 1000. The Labute approximate surface area is 162 Å². The molecule has 0 aliphatic carbocycles. The maximum absolute atomic E-state index is 12.9. The van der Waals surface area contributed by atoms with Crippen molar-refractivity contribution >= 4 is 17.4 Å². The summed E-state index contributed by atoms with van der Waals surface area (Å²) in [6.07, 6.45) is 0. The van der Waals surface area contributed by atoms with Gasteiger partial charge in [-0.1, -0.05) is 72.3 Å². The number of benzene rings is 3. The molecular formula is C22H16ClN3O. The van der Waals surface area contributed by atoms with Crippen molar-refractivity contribution in [1.29, 1.82) is 0 Å². The SMILES string of the molecule is O=C(Cn1c(-c2ccccc2)nnc1-c1ccccc1)c1ccc(Cl)cc1. The van der Waals surface area contributed by atoms with Gasteiger partial charge in [0.2, 0.25) is 0 Å². The van der Waals surface area contributed by atoms with Gasteiger partial charge in [-0.25, -0.2) is 0 Å². The molecule has 0 aliphatic rings. The Hall–Kier alpha value is -3.24. The Balaban J connectivity index is 1.78. The van der Waals surface area contributed by atoms with E-state index >= 15 is 0 Å². The predicted molar refractivity (Wildman–Crippen MR) is 107 cm³/mol. The summed E-state index contributed by atoms with van der Waals surface area (Å²) in [7, 11) is 0. The highest BCUT2D eigenvalue weighted by atomic mass is 35.5. The smallest absolute Gasteiger partial charge is 0.182 e. The largest absolute Gasteiger partial charge is 0.299 e. The van der Waals surface area contributed by atoms with Crippen LogP contribution in [0.25, 0.3) is 22.8 Å². The highest BCUT2D eigenvalue weighted by molar-refractivity contribution is 6.30. The molecule has 5 heteroatoms. The van der Waals surface area contributed by atoms with E-state index in [0.29, 0.717) is 22.2 Å². The first kappa shape index (κ1) is 17.2. The van der Waals surface area contributed by atoms with E-state index in [2.05, 4.69) is 10.2 Å². The molecule has 4 nitrogen and oxygen atoms in total. The number of halogens is 1. The molecule has 0 bridgehead atoms. The Kier molecular flexibility index (Phi) is 4.81. The molecule has 0 saturated heterocycles. The zero-order valence-corrected chi connectivity index (χ0v) is 15.2. The molecule has 0 aliphatic heterocycles. The molecule has 0 radical (unpaired) electrons. The van der Waals surface area contributed by atoms with E-state index < -0.39 is 0 Å². The van der Waals surface area contributed by atoms with Crippen molar-refractivity contribution in [2.75, 3.05) is 0 Å². The lowest BCUT2D eigenvalue weighted by Gasteiger charge is -2.10. The normalized spacial score (nSPS) is 10.7. The molecule has 1 aromatic heterocycles. The summed E-state index contributed by atoms with van der Waals surface area (Å²) in [5.41, 5.74) is 2.43. The summed E-state index contributed by atoms with van der Waals surface area (Å²) in [5, 5.41) is 9.33. The highest BCUT2D eigenvalue weighted by Gasteiger charge is 2.18. The summed E-state index contributed by atoms with van der Waals surface area (Å²) in [6, 6.07) is 26.4. The van der Waals surface area contributed by atoms with Crippen LogP contribution >= 0.6 is 11.6 Å². The average molecular weight is 374 g/mol. The Morgan fingerprint density at radius 2 is 1.22 bits per heavy atom. The van der Waals surface area contributed by atoms with Gasteiger partial charge in [0, 0.05) is 21.7 Å². The highest BCUT2D eigenvalue weighted by Crippen LogP contribution is 2.25. The number of ketones is 1. The third-order valence-electron chi connectivity index (χ3n) is 4.28. The van der Waals surface area contributed by atoms with E-state index in [1.807, 2.05) is 65.2 Å². The fraction of sp³-hybridized carbons (Fsp3) is 0.0455. The molecule has 27 heavy (non-hydrogen) atoms. The lowest BCUT2D eigenvalue weighted by molar-refractivity contribution is 0.0973. The van der Waals surface area contributed by atoms with Gasteiger partial charge in [-0.3, -0.25) is 9.36 Å². The van der Waals surface area contributed by atoms with Crippen LogP contribution in [-0.4, -0.2) is 20.5 Å². The lowest BCUT2D eigenvalue weighted by atomic mass is 10.1. The minimum absolute atomic E-state index is 0.0270. The van der Waals surface area contributed by atoms with Crippen LogP contribution in [-0.2, 0) is 6.54 Å². The molecule has 0 spiro atoms. The van der Waals surface area contributed by atoms with Crippen molar-refractivity contribution in [3.05, 3.63) is 95.5 Å². The van der Waals surface area contributed by atoms with Crippen LogP contribution in [0.3, 0.4) is 0 Å². The third kappa shape index (κ3) is 3.66. The minimum atomic E-state index is -0.0270. The number of hydrogen-bond donors (Lipinski definition) is 0. The van der Waals surface area contributed by atoms with Gasteiger partial charge in [-0.2, -0.15) is 0 Å². The van der Waals surface area contributed by atoms with Crippen molar-refractivity contribution in [3.8, 4) is 22.8 Å². The molecule has 4 aromatic rings. The number of Topliss-reactive ketones (excluding diaryl/α,β-unsaturated/α-hetero) is 1. The van der Waals surface area contributed by atoms with Crippen LogP contribution in [0.1, 0.15) is 10.4 Å². The summed E-state index contributed by atoms with van der Waals surface area (Å²) in [4.78, 5) is 12.9. The first-order valence-corrected chi connectivity index (χ1v) is 8.93. The number of aromatic nitrogens is 3. The molecule has 0 fully saturated rings. The second-order valence-corrected chi connectivity index (χ2v) is 6.53. The maximum Gasteiger partial charge on any atom is 0.182 e. The lowest BCUT2D eigenvalue weighted by Crippen LogP contribution is -2.13. The average Bonchev–Trinajstić information content (AvgIpc) is 3.13. The van der Waals surface area contributed by atoms with Gasteiger partial charge in [0.05, 0.1) is 6.54 Å². The number of carbonyl (C=O) groups excluding carboxylic acids is 1. The van der Waals surface area contributed by atoms with Crippen molar-refractivity contribution < 1.29 is 4.79 Å². The molecule has 4 rings (SSSR count). The second-order valence-electron chi connectivity index (χ2n) is 6.10. The van der Waals surface area contributed by atoms with Crippen molar-refractivity contribution in [2.24, 2.45) is 0 Å². The summed E-state index contributed by atoms with van der Waals surface area (Å²) < 4.78 is 1.86. The van der Waals surface area contributed by atoms with Crippen LogP contribution < -0.4 is 0 Å². The topological polar surface area (TPSA) is 47.8 Å². The van der Waals surface area contributed by atoms with Crippen LogP contribution in [0.2, 0.25) is 5.02 Å². The van der Waals surface area contributed by atoms with E-state index in [0.717, 1.165) is 11.1 Å². The van der Waals surface area contributed by atoms with Gasteiger partial charge in [0.25, 0.3) is 0 Å². The Morgan fingerprint density at radius 1 is 0.741 bits per heavy atom. The molecule has 0 amide bonds. The summed E-state index contributed by atoms with van der Waals surface area (Å²) in [5.74, 6) is 1.30. The fourth-order valence-electron chi connectivity index (χ4n) is 2.93. The molecule has 0 atom stereocenters. The molecular weight excluding hydrogens is 358 g/mol. The zero-order valence-electron chi connectivity index (χ0n) is 14.4. The molecule has 0 saturated carbocycles. The van der Waals surface area contributed by atoms with Crippen LogP contribution in [0.5, 0.6) is 0 Å². The molecule has 1 heterocycles. The van der Waals surface area contributed by atoms with Crippen LogP contribution in [0.15, 0.2) is 84.9 Å². The first-order chi connectivity index (χ1) is 13.2. The van der Waals surface area contributed by atoms with Crippen LogP contribution in [0, 0.1) is 0 Å². The summed E-state index contributed by atoms with van der Waals surface area (Å²) >= 11 is 5.93. The van der Waals surface area contributed by atoms with Crippen LogP contribution in [0.4, 0.5) is 0 Å². The number of nitrogens with zero attached hydrogens (tertiary/aromatic N) is 3. The van der Waals surface area contributed by atoms with Crippen molar-refractivity contribution in [2.45, 2.75) is 6.54 Å². The molecule has 132 valence electrons. The van der Waals surface area contributed by atoms with Crippen molar-refractivity contribution in [1.82, 2.24) is 14.8 Å². The predicted octanol–water partition coefficient (Wildman–Crippen LogP) is 5.15. The van der Waals surface area contributed by atoms with Gasteiger partial charge in [-0.05, 0) is 24.3 Å². The first-order valence-electron chi connectivity index (χ1n) is 8.55. The van der Waals surface area contributed by atoms with Gasteiger partial charge in [-0.15, -0.1) is 10.2 Å². The monoisotopic (exact) mass is 373 g/mol. The van der Waals surface area contributed by atoms with Gasteiger partial charge >= 0.3 is 0 Å². The maximum atomic E-state index is 12.9. The van der Waals surface area contributed by atoms with Gasteiger partial charge in [0.15, 0.2) is 17.4 Å². The Morgan fingerprint density at radius 3 is 1.70 bits per heavy atom. The number of rotatable bonds is 5. The van der Waals surface area contributed by atoms with E-state index in [4.69, 9.17) is 11.6 Å². The minimum Gasteiger partial charge on any atom is -0.299 e. The number of carbonyl (C=O) groups is 1. The quantitative estimate of drug-likeness (QED) is 0.454. The van der Waals surface area contributed by atoms with Crippen molar-refractivity contribution in [3.63, 3.8) is 0 Å². The molecule has 0 N–H and O–H groups in total. The second kappa shape index (κ2) is 7.56. The third-order valence-corrected chi connectivity index (χ3v) is 4.53. The standard InChI is InChI=1S/C22H16ClN3O/c23-19-13-11-16(12-14-19)20(27)15-26-21(17-7-3-1-4-8-17)24-25-22(26)18-9-5-2-6-10-18/h1-14H,15H2. The van der Waals surface area contributed by atoms with E-state index in [1.165, 1.54) is 0 Å². The molecule has 3 aromatic carbocycles. The number of hydrogen-bond acceptors (Lipinski definition) is 3. The summed E-state index contributed by atoms with van der Waals surface area (Å²) in [6.45, 7) is 0.142. The van der Waals surface area contributed by atoms with E-state index in [-0.39, 0.29) is 12.3 Å². The fourth-order valence-corrected chi connectivity index (χ4v) is 3.05. The zero-order chi connectivity index (χ0) is 18.6.